The minimum absolute atomic E-state index is 0.0436. The molecule has 1 fully saturated rings. The fraction of sp³-hybridized carbons (Fsp3) is 0.800. The Morgan fingerprint density at radius 2 is 1.41 bits per heavy atom. The van der Waals surface area contributed by atoms with E-state index in [1.54, 1.807) is 0 Å². The largest absolute Gasteiger partial charge is 0.464 e. The first kappa shape index (κ1) is 24.9. The summed E-state index contributed by atoms with van der Waals surface area (Å²) in [4.78, 5) is 48.7. The number of ether oxygens (including phenoxy) is 4. The Labute approximate surface area is 172 Å². The van der Waals surface area contributed by atoms with Gasteiger partial charge in [-0.3, -0.25) is 24.1 Å². The summed E-state index contributed by atoms with van der Waals surface area (Å²) in [7, 11) is 0. The molecule has 5 atom stereocenters. The Morgan fingerprint density at radius 3 is 1.86 bits per heavy atom. The van der Waals surface area contributed by atoms with Gasteiger partial charge < -0.3 is 18.9 Å². The number of piperidine rings is 1. The van der Waals surface area contributed by atoms with Crippen molar-refractivity contribution in [2.24, 2.45) is 0 Å². The number of rotatable bonds is 9. The molecule has 0 bridgehead atoms. The van der Waals surface area contributed by atoms with Crippen LogP contribution in [0.3, 0.4) is 0 Å². The Balaban J connectivity index is 3.40. The van der Waals surface area contributed by atoms with Gasteiger partial charge in [-0.1, -0.05) is 20.3 Å². The van der Waals surface area contributed by atoms with Crippen LogP contribution in [0, 0.1) is 0 Å². The highest BCUT2D eigenvalue weighted by atomic mass is 16.6. The van der Waals surface area contributed by atoms with Crippen LogP contribution in [0.25, 0.3) is 0 Å². The number of esters is 4. The van der Waals surface area contributed by atoms with E-state index in [9.17, 15) is 19.2 Å². The minimum Gasteiger partial charge on any atom is -0.464 e. The average molecular weight is 415 g/mol. The Bertz CT molecular complexity index is 593. The second-order valence-electron chi connectivity index (χ2n) is 7.21. The van der Waals surface area contributed by atoms with Crippen LogP contribution in [0.1, 0.15) is 60.8 Å². The van der Waals surface area contributed by atoms with E-state index in [4.69, 9.17) is 18.9 Å². The fourth-order valence-electron chi connectivity index (χ4n) is 3.81. The van der Waals surface area contributed by atoms with Crippen LogP contribution < -0.4 is 0 Å². The summed E-state index contributed by atoms with van der Waals surface area (Å²) >= 11 is 0. The van der Waals surface area contributed by atoms with Crippen molar-refractivity contribution in [1.82, 2.24) is 4.90 Å². The lowest BCUT2D eigenvalue weighted by molar-refractivity contribution is -0.211. The van der Waals surface area contributed by atoms with Crippen molar-refractivity contribution < 1.29 is 38.1 Å². The topological polar surface area (TPSA) is 108 Å². The minimum atomic E-state index is -1.00. The molecule has 29 heavy (non-hydrogen) atoms. The quantitative estimate of drug-likeness (QED) is 0.410. The molecule has 1 rings (SSSR count). The van der Waals surface area contributed by atoms with Gasteiger partial charge in [-0.15, -0.1) is 0 Å². The molecule has 0 aliphatic carbocycles. The lowest BCUT2D eigenvalue weighted by Gasteiger charge is -2.49. The highest BCUT2D eigenvalue weighted by Gasteiger charge is 2.51. The van der Waals surface area contributed by atoms with E-state index in [0.29, 0.717) is 0 Å². The molecular weight excluding hydrogens is 382 g/mol. The molecular formula is C20H33NO8. The Kier molecular flexibility index (Phi) is 10.1. The fourth-order valence-corrected chi connectivity index (χ4v) is 3.81. The molecule has 9 heteroatoms. The molecule has 0 aromatic carbocycles. The van der Waals surface area contributed by atoms with Gasteiger partial charge in [0.15, 0.2) is 18.3 Å². The van der Waals surface area contributed by atoms with Gasteiger partial charge >= 0.3 is 23.9 Å². The van der Waals surface area contributed by atoms with Gasteiger partial charge in [-0.25, -0.2) is 0 Å². The van der Waals surface area contributed by atoms with E-state index in [2.05, 4.69) is 6.92 Å². The average Bonchev–Trinajstić information content (AvgIpc) is 2.60. The van der Waals surface area contributed by atoms with Gasteiger partial charge in [0.05, 0.1) is 6.04 Å². The molecule has 0 N–H and O–H groups in total. The first-order chi connectivity index (χ1) is 13.6. The SMILES string of the molecule is CCCC(CC)N1C[C@H](OC(C)=O)[C@@H](OC(C)=O)[C@H](OC(C)=O)[C@H]1COC(C)=O. The highest BCUT2D eigenvalue weighted by molar-refractivity contribution is 5.68. The van der Waals surface area contributed by atoms with Crippen LogP contribution >= 0.6 is 0 Å². The predicted octanol–water partition coefficient (Wildman–Crippen LogP) is 1.61. The van der Waals surface area contributed by atoms with Gasteiger partial charge in [0, 0.05) is 40.3 Å². The molecule has 0 radical (unpaired) electrons. The number of carbonyl (C=O) groups excluding carboxylic acids is 4. The molecule has 166 valence electrons. The Morgan fingerprint density at radius 1 is 0.862 bits per heavy atom. The molecule has 1 unspecified atom stereocenters. The first-order valence-corrected chi connectivity index (χ1v) is 10.0. The van der Waals surface area contributed by atoms with E-state index in [0.717, 1.165) is 19.3 Å². The number of likely N-dealkylation sites (tertiary alicyclic amines) is 1. The normalized spacial score (nSPS) is 25.6. The third-order valence-electron chi connectivity index (χ3n) is 4.83. The van der Waals surface area contributed by atoms with E-state index < -0.39 is 48.2 Å². The van der Waals surface area contributed by atoms with Crippen molar-refractivity contribution in [3.63, 3.8) is 0 Å². The first-order valence-electron chi connectivity index (χ1n) is 10.0. The van der Waals surface area contributed by atoms with Crippen molar-refractivity contribution in [3.8, 4) is 0 Å². The van der Waals surface area contributed by atoms with Crippen LogP contribution in [0.15, 0.2) is 0 Å². The summed E-state index contributed by atoms with van der Waals surface area (Å²) in [6.07, 6.45) is -0.220. The summed E-state index contributed by atoms with van der Waals surface area (Å²) in [5.41, 5.74) is 0. The number of hydrogen-bond donors (Lipinski definition) is 0. The predicted molar refractivity (Wildman–Crippen MR) is 103 cm³/mol. The molecule has 0 aromatic rings. The highest BCUT2D eigenvalue weighted by Crippen LogP contribution is 2.30. The summed E-state index contributed by atoms with van der Waals surface area (Å²) in [5.74, 6) is -2.17. The van der Waals surface area contributed by atoms with Crippen LogP contribution in [0.5, 0.6) is 0 Å². The summed E-state index contributed by atoms with van der Waals surface area (Å²) in [6, 6.07) is -0.467. The lowest BCUT2D eigenvalue weighted by atomic mass is 9.90. The summed E-state index contributed by atoms with van der Waals surface area (Å²) in [5, 5.41) is 0. The zero-order chi connectivity index (χ0) is 22.1. The van der Waals surface area contributed by atoms with Gasteiger partial charge in [-0.2, -0.15) is 0 Å². The van der Waals surface area contributed by atoms with Crippen LogP contribution in [-0.4, -0.2) is 72.3 Å². The van der Waals surface area contributed by atoms with Gasteiger partial charge in [0.2, 0.25) is 0 Å². The second kappa shape index (κ2) is 11.7. The second-order valence-corrected chi connectivity index (χ2v) is 7.21. The molecule has 1 aliphatic rings. The lowest BCUT2D eigenvalue weighted by Crippen LogP contribution is -2.67. The summed E-state index contributed by atoms with van der Waals surface area (Å²) < 4.78 is 21.6. The molecule has 1 saturated heterocycles. The maximum atomic E-state index is 11.8. The van der Waals surface area contributed by atoms with Crippen molar-refractivity contribution in [2.75, 3.05) is 13.2 Å². The smallest absolute Gasteiger partial charge is 0.303 e. The molecule has 0 aromatic heterocycles. The van der Waals surface area contributed by atoms with Crippen molar-refractivity contribution in [3.05, 3.63) is 0 Å². The zero-order valence-corrected chi connectivity index (χ0v) is 18.1. The molecule has 1 heterocycles. The third-order valence-corrected chi connectivity index (χ3v) is 4.83. The van der Waals surface area contributed by atoms with Crippen LogP contribution in [-0.2, 0) is 38.1 Å². The number of carbonyl (C=O) groups is 4. The van der Waals surface area contributed by atoms with Crippen molar-refractivity contribution in [2.45, 2.75) is 91.2 Å². The monoisotopic (exact) mass is 415 g/mol. The van der Waals surface area contributed by atoms with Gasteiger partial charge in [-0.05, 0) is 12.8 Å². The van der Waals surface area contributed by atoms with Crippen molar-refractivity contribution >= 4 is 23.9 Å². The number of nitrogens with zero attached hydrogens (tertiary/aromatic N) is 1. The van der Waals surface area contributed by atoms with E-state index in [-0.39, 0.29) is 19.2 Å². The van der Waals surface area contributed by atoms with Crippen LogP contribution in [0.4, 0.5) is 0 Å². The van der Waals surface area contributed by atoms with Crippen LogP contribution in [0.2, 0.25) is 0 Å². The molecule has 0 amide bonds. The molecule has 0 spiro atoms. The third kappa shape index (κ3) is 7.64. The summed E-state index contributed by atoms with van der Waals surface area (Å²) in [6.45, 7) is 9.35. The maximum absolute atomic E-state index is 11.8. The maximum Gasteiger partial charge on any atom is 0.303 e. The molecule has 9 nitrogen and oxygen atoms in total. The molecule has 0 saturated carbocycles. The van der Waals surface area contributed by atoms with Crippen molar-refractivity contribution in [1.29, 1.82) is 0 Å². The van der Waals surface area contributed by atoms with E-state index >= 15 is 0 Å². The standard InChI is InChI=1S/C20H33NO8/c1-7-9-16(8-2)21-10-18(27-13(4)23)20(29-15(6)25)19(28-14(5)24)17(21)11-26-12(3)22/h16-20H,7-11H2,1-6H3/t16?,17-,18+,19-,20-/m1/s1. The van der Waals surface area contributed by atoms with Gasteiger partial charge in [0.25, 0.3) is 0 Å². The number of hydrogen-bond acceptors (Lipinski definition) is 9. The van der Waals surface area contributed by atoms with Gasteiger partial charge in [0.1, 0.15) is 6.61 Å². The Hall–Kier alpha value is -2.16. The van der Waals surface area contributed by atoms with E-state index in [1.807, 2.05) is 11.8 Å². The van der Waals surface area contributed by atoms with E-state index in [1.165, 1.54) is 27.7 Å². The molecule has 1 aliphatic heterocycles. The zero-order valence-electron chi connectivity index (χ0n) is 18.1.